The highest BCUT2D eigenvalue weighted by atomic mass is 35.5. The van der Waals surface area contributed by atoms with Crippen molar-refractivity contribution in [2.45, 2.75) is 26.7 Å². The van der Waals surface area contributed by atoms with Gasteiger partial charge < -0.3 is 10.0 Å². The molecule has 0 heterocycles. The van der Waals surface area contributed by atoms with Gasteiger partial charge in [0, 0.05) is 23.8 Å². The Hall–Kier alpha value is -1.22. The van der Waals surface area contributed by atoms with Gasteiger partial charge in [-0.15, -0.1) is 0 Å². The Morgan fingerprint density at radius 3 is 2.67 bits per heavy atom. The molecule has 1 rings (SSSR count). The van der Waals surface area contributed by atoms with Gasteiger partial charge in [0.05, 0.1) is 6.42 Å². The van der Waals surface area contributed by atoms with Crippen LogP contribution in [0.25, 0.3) is 0 Å². The number of carboxylic acid groups (broad SMARTS) is 1. The summed E-state index contributed by atoms with van der Waals surface area (Å²) in [4.78, 5) is 12.8. The van der Waals surface area contributed by atoms with Gasteiger partial charge >= 0.3 is 5.97 Å². The van der Waals surface area contributed by atoms with Crippen molar-refractivity contribution in [3.05, 3.63) is 29.3 Å². The second kappa shape index (κ2) is 7.27. The van der Waals surface area contributed by atoms with E-state index in [1.807, 2.05) is 24.3 Å². The molecule has 0 aliphatic rings. The van der Waals surface area contributed by atoms with Crippen molar-refractivity contribution in [1.29, 1.82) is 0 Å². The predicted molar refractivity (Wildman–Crippen MR) is 75.4 cm³/mol. The minimum absolute atomic E-state index is 0.143. The molecular weight excluding hydrogens is 250 g/mol. The summed E-state index contributed by atoms with van der Waals surface area (Å²) < 4.78 is 0. The first-order chi connectivity index (χ1) is 8.49. The first kappa shape index (κ1) is 14.8. The normalized spacial score (nSPS) is 10.7. The van der Waals surface area contributed by atoms with E-state index < -0.39 is 5.97 Å². The van der Waals surface area contributed by atoms with Gasteiger partial charge in [-0.1, -0.05) is 31.5 Å². The van der Waals surface area contributed by atoms with Gasteiger partial charge in [0.15, 0.2) is 0 Å². The van der Waals surface area contributed by atoms with Gasteiger partial charge in [-0.25, -0.2) is 0 Å². The van der Waals surface area contributed by atoms with Crippen LogP contribution in [0.4, 0.5) is 5.69 Å². The lowest BCUT2D eigenvalue weighted by Crippen LogP contribution is -2.28. The topological polar surface area (TPSA) is 40.5 Å². The Balaban J connectivity index is 2.72. The molecule has 3 nitrogen and oxygen atoms in total. The quantitative estimate of drug-likeness (QED) is 0.821. The number of carboxylic acids is 1. The molecule has 100 valence electrons. The maximum atomic E-state index is 10.7. The number of rotatable bonds is 7. The lowest BCUT2D eigenvalue weighted by Gasteiger charge is -2.25. The van der Waals surface area contributed by atoms with E-state index in [2.05, 4.69) is 18.7 Å². The van der Waals surface area contributed by atoms with Gasteiger partial charge in [-0.3, -0.25) is 4.79 Å². The third kappa shape index (κ3) is 5.41. The number of hydrogen-bond acceptors (Lipinski definition) is 2. The lowest BCUT2D eigenvalue weighted by atomic mass is 10.1. The number of benzene rings is 1. The molecule has 0 fully saturated rings. The largest absolute Gasteiger partial charge is 0.481 e. The molecule has 0 amide bonds. The fourth-order valence-corrected chi connectivity index (χ4v) is 1.87. The molecule has 18 heavy (non-hydrogen) atoms. The van der Waals surface area contributed by atoms with Crippen LogP contribution >= 0.6 is 11.6 Å². The molecule has 0 saturated heterocycles. The predicted octanol–water partition coefficient (Wildman–Crippen LogP) is 3.67. The van der Waals surface area contributed by atoms with E-state index in [-0.39, 0.29) is 6.42 Å². The zero-order valence-corrected chi connectivity index (χ0v) is 11.7. The number of carbonyl (C=O) groups is 1. The zero-order valence-electron chi connectivity index (χ0n) is 10.9. The molecule has 0 unspecified atom stereocenters. The summed E-state index contributed by atoms with van der Waals surface area (Å²) in [5, 5.41) is 9.47. The smallest absolute Gasteiger partial charge is 0.305 e. The molecule has 0 aliphatic heterocycles. The van der Waals surface area contributed by atoms with Crippen molar-refractivity contribution in [3.8, 4) is 0 Å². The van der Waals surface area contributed by atoms with Crippen molar-refractivity contribution in [2.75, 3.05) is 18.0 Å². The van der Waals surface area contributed by atoms with Crippen LogP contribution in [0.3, 0.4) is 0 Å². The van der Waals surface area contributed by atoms with E-state index in [4.69, 9.17) is 16.7 Å². The van der Waals surface area contributed by atoms with Crippen LogP contribution in [-0.4, -0.2) is 24.2 Å². The summed E-state index contributed by atoms with van der Waals surface area (Å²) in [6.45, 7) is 5.69. The maximum absolute atomic E-state index is 10.7. The molecule has 0 aromatic heterocycles. The molecule has 1 N–H and O–H groups in total. The summed E-state index contributed by atoms with van der Waals surface area (Å²) in [5.74, 6) is -0.178. The molecular formula is C14H20ClNO2. The molecule has 0 saturated carbocycles. The van der Waals surface area contributed by atoms with Gasteiger partial charge in [-0.05, 0) is 30.5 Å². The third-order valence-corrected chi connectivity index (χ3v) is 2.98. The molecule has 0 bridgehead atoms. The third-order valence-electron chi connectivity index (χ3n) is 2.75. The Bertz CT molecular complexity index is 393. The SMILES string of the molecule is CC(C)CCN(CCC(=O)O)c1cccc(Cl)c1. The van der Waals surface area contributed by atoms with Gasteiger partial charge in [0.25, 0.3) is 0 Å². The number of aliphatic carboxylic acids is 1. The summed E-state index contributed by atoms with van der Waals surface area (Å²) in [6, 6.07) is 7.56. The zero-order chi connectivity index (χ0) is 13.5. The minimum Gasteiger partial charge on any atom is -0.481 e. The molecule has 0 spiro atoms. The molecule has 1 aromatic carbocycles. The maximum Gasteiger partial charge on any atom is 0.305 e. The van der Waals surface area contributed by atoms with Crippen molar-refractivity contribution >= 4 is 23.3 Å². The summed E-state index contributed by atoms with van der Waals surface area (Å²) >= 11 is 5.97. The number of halogens is 1. The van der Waals surface area contributed by atoms with E-state index in [0.717, 1.165) is 18.7 Å². The van der Waals surface area contributed by atoms with Crippen molar-refractivity contribution in [3.63, 3.8) is 0 Å². The standard InChI is InChI=1S/C14H20ClNO2/c1-11(2)6-8-16(9-7-14(17)18)13-5-3-4-12(15)10-13/h3-5,10-11H,6-9H2,1-2H3,(H,17,18). The van der Waals surface area contributed by atoms with Gasteiger partial charge in [0.1, 0.15) is 0 Å². The summed E-state index contributed by atoms with van der Waals surface area (Å²) in [5.41, 5.74) is 0.990. The van der Waals surface area contributed by atoms with E-state index in [1.54, 1.807) is 0 Å². The van der Waals surface area contributed by atoms with Gasteiger partial charge in [-0.2, -0.15) is 0 Å². The van der Waals surface area contributed by atoms with Crippen LogP contribution in [-0.2, 0) is 4.79 Å². The Labute approximate surface area is 113 Å². The summed E-state index contributed by atoms with van der Waals surface area (Å²) in [6.07, 6.45) is 1.18. The van der Waals surface area contributed by atoms with Crippen LogP contribution in [0.5, 0.6) is 0 Å². The fourth-order valence-electron chi connectivity index (χ4n) is 1.69. The number of hydrogen-bond donors (Lipinski definition) is 1. The second-order valence-electron chi connectivity index (χ2n) is 4.79. The van der Waals surface area contributed by atoms with Crippen molar-refractivity contribution in [1.82, 2.24) is 0 Å². The van der Waals surface area contributed by atoms with Crippen LogP contribution in [0.2, 0.25) is 5.02 Å². The fraction of sp³-hybridized carbons (Fsp3) is 0.500. The average molecular weight is 270 g/mol. The molecule has 4 heteroatoms. The molecule has 0 atom stereocenters. The first-order valence-electron chi connectivity index (χ1n) is 6.21. The molecule has 1 aromatic rings. The average Bonchev–Trinajstić information content (AvgIpc) is 2.28. The van der Waals surface area contributed by atoms with E-state index in [0.29, 0.717) is 17.5 Å². The lowest BCUT2D eigenvalue weighted by molar-refractivity contribution is -0.136. The minimum atomic E-state index is -0.772. The Morgan fingerprint density at radius 2 is 2.11 bits per heavy atom. The number of anilines is 1. The highest BCUT2D eigenvalue weighted by Crippen LogP contribution is 2.20. The Kier molecular flexibility index (Phi) is 5.99. The van der Waals surface area contributed by atoms with E-state index >= 15 is 0 Å². The first-order valence-corrected chi connectivity index (χ1v) is 6.59. The van der Waals surface area contributed by atoms with Crippen LogP contribution < -0.4 is 4.90 Å². The van der Waals surface area contributed by atoms with E-state index in [9.17, 15) is 4.79 Å². The molecule has 0 radical (unpaired) electrons. The second-order valence-corrected chi connectivity index (χ2v) is 5.23. The van der Waals surface area contributed by atoms with E-state index in [1.165, 1.54) is 0 Å². The van der Waals surface area contributed by atoms with Crippen molar-refractivity contribution in [2.24, 2.45) is 5.92 Å². The van der Waals surface area contributed by atoms with Crippen LogP contribution in [0.1, 0.15) is 26.7 Å². The van der Waals surface area contributed by atoms with Gasteiger partial charge in [0.2, 0.25) is 0 Å². The number of nitrogens with zero attached hydrogens (tertiary/aromatic N) is 1. The highest BCUT2D eigenvalue weighted by molar-refractivity contribution is 6.30. The highest BCUT2D eigenvalue weighted by Gasteiger charge is 2.09. The molecule has 0 aliphatic carbocycles. The van der Waals surface area contributed by atoms with Crippen LogP contribution in [0.15, 0.2) is 24.3 Å². The van der Waals surface area contributed by atoms with Crippen LogP contribution in [0, 0.1) is 5.92 Å². The van der Waals surface area contributed by atoms with Crippen molar-refractivity contribution < 1.29 is 9.90 Å². The Morgan fingerprint density at radius 1 is 1.39 bits per heavy atom. The summed E-state index contributed by atoms with van der Waals surface area (Å²) in [7, 11) is 0. The monoisotopic (exact) mass is 269 g/mol.